The molecule has 0 aliphatic heterocycles. The average Bonchev–Trinajstić information content (AvgIpc) is 2.81. The largest absolute Gasteiger partial charge is 0.458 e. The molecule has 1 unspecified atom stereocenters. The molecular formula is C32H63NO2. The molecule has 0 bridgehead atoms. The van der Waals surface area contributed by atoms with E-state index in [0.717, 1.165) is 25.7 Å². The van der Waals surface area contributed by atoms with E-state index in [1.165, 1.54) is 116 Å². The second kappa shape index (κ2) is 21.3. The molecule has 0 aromatic heterocycles. The molecule has 0 spiro atoms. The fourth-order valence-corrected chi connectivity index (χ4v) is 5.69. The summed E-state index contributed by atoms with van der Waals surface area (Å²) in [5.41, 5.74) is -0.117. The zero-order valence-electron chi connectivity index (χ0n) is 24.4. The van der Waals surface area contributed by atoms with Gasteiger partial charge in [-0.05, 0) is 64.2 Å². The van der Waals surface area contributed by atoms with E-state index in [1.807, 2.05) is 0 Å². The highest BCUT2D eigenvalue weighted by Crippen LogP contribution is 2.49. The third-order valence-electron chi connectivity index (χ3n) is 8.25. The van der Waals surface area contributed by atoms with Crippen LogP contribution in [0.25, 0.3) is 0 Å². The normalized spacial score (nSPS) is 19.5. The van der Waals surface area contributed by atoms with E-state index in [1.54, 1.807) is 0 Å². The van der Waals surface area contributed by atoms with Crippen LogP contribution in [0.2, 0.25) is 0 Å². The number of esters is 1. The zero-order valence-corrected chi connectivity index (χ0v) is 24.4. The summed E-state index contributed by atoms with van der Waals surface area (Å²) >= 11 is 0. The number of unbranched alkanes of at least 4 members (excludes halogenated alkanes) is 14. The topological polar surface area (TPSA) is 61.3 Å². The van der Waals surface area contributed by atoms with Crippen LogP contribution >= 0.6 is 0 Å². The lowest BCUT2D eigenvalue weighted by Crippen LogP contribution is -2.50. The Morgan fingerprint density at radius 2 is 1.17 bits per heavy atom. The van der Waals surface area contributed by atoms with Crippen LogP contribution in [0.15, 0.2) is 12.2 Å². The van der Waals surface area contributed by atoms with Crippen molar-refractivity contribution in [2.24, 2.45) is 5.41 Å². The van der Waals surface area contributed by atoms with Gasteiger partial charge in [-0.25, -0.2) is 0 Å². The lowest BCUT2D eigenvalue weighted by molar-refractivity contribution is -0.184. The summed E-state index contributed by atoms with van der Waals surface area (Å²) in [5.74, 6) is 0.0584. The van der Waals surface area contributed by atoms with Gasteiger partial charge in [-0.2, -0.15) is 0 Å². The molecule has 35 heavy (non-hydrogen) atoms. The molecule has 0 saturated heterocycles. The summed E-state index contributed by atoms with van der Waals surface area (Å²) in [4.78, 5) is 12.8. The van der Waals surface area contributed by atoms with E-state index < -0.39 is 0 Å². The van der Waals surface area contributed by atoms with E-state index >= 15 is 0 Å². The predicted molar refractivity (Wildman–Crippen MR) is 154 cm³/mol. The molecule has 3 N–H and O–H groups in total. The van der Waals surface area contributed by atoms with Crippen LogP contribution in [0.4, 0.5) is 0 Å². The van der Waals surface area contributed by atoms with Crippen molar-refractivity contribution in [2.45, 2.75) is 181 Å². The third kappa shape index (κ3) is 15.1. The van der Waals surface area contributed by atoms with Gasteiger partial charge in [0.05, 0.1) is 0 Å². The summed E-state index contributed by atoms with van der Waals surface area (Å²) < 4.78 is 6.35. The standard InChI is InChI=1S/C32H60O2.H3N/c1-5-7-9-11-12-13-14-15-16-17-18-19-20-21-22-26-30(33)34-32(28-23-10-8-6-2)29-25-24-27-31(32,3)4;/h15-16H,5-14,17-29H2,1-4H3;1H3/b16-15-;. The molecule has 1 atom stereocenters. The van der Waals surface area contributed by atoms with E-state index in [2.05, 4.69) is 39.8 Å². The van der Waals surface area contributed by atoms with Crippen LogP contribution in [0.5, 0.6) is 0 Å². The van der Waals surface area contributed by atoms with Crippen molar-refractivity contribution in [3.63, 3.8) is 0 Å². The SMILES string of the molecule is CCCCCCCC/C=C\CCCCCCCC(=O)OC1(CCCCCC)CCCCC1(C)C.N. The molecule has 0 aromatic carbocycles. The maximum absolute atomic E-state index is 12.8. The molecule has 0 heterocycles. The zero-order chi connectivity index (χ0) is 25.0. The van der Waals surface area contributed by atoms with Crippen LogP contribution < -0.4 is 6.15 Å². The maximum Gasteiger partial charge on any atom is 0.306 e. The number of rotatable bonds is 21. The summed E-state index contributed by atoms with van der Waals surface area (Å²) in [6.45, 7) is 9.21. The quantitative estimate of drug-likeness (QED) is 0.0982. The van der Waals surface area contributed by atoms with Crippen molar-refractivity contribution in [3.05, 3.63) is 12.2 Å². The molecule has 0 radical (unpaired) electrons. The Morgan fingerprint density at radius 1 is 0.686 bits per heavy atom. The fourth-order valence-electron chi connectivity index (χ4n) is 5.69. The van der Waals surface area contributed by atoms with Gasteiger partial charge in [0.2, 0.25) is 0 Å². The van der Waals surface area contributed by atoms with Gasteiger partial charge in [0, 0.05) is 11.8 Å². The minimum atomic E-state index is -0.224. The molecular weight excluding hydrogens is 430 g/mol. The van der Waals surface area contributed by atoms with Gasteiger partial charge in [-0.15, -0.1) is 0 Å². The molecule has 1 aliphatic rings. The number of carbonyl (C=O) groups excluding carboxylic acids is 1. The van der Waals surface area contributed by atoms with Crippen molar-refractivity contribution in [1.82, 2.24) is 6.15 Å². The molecule has 1 rings (SSSR count). The van der Waals surface area contributed by atoms with Crippen molar-refractivity contribution < 1.29 is 9.53 Å². The molecule has 0 aromatic rings. The van der Waals surface area contributed by atoms with Crippen LogP contribution in [0, 0.1) is 5.41 Å². The molecule has 208 valence electrons. The van der Waals surface area contributed by atoms with Gasteiger partial charge in [0.15, 0.2) is 0 Å². The first-order valence-corrected chi connectivity index (χ1v) is 15.3. The first-order chi connectivity index (χ1) is 16.5. The van der Waals surface area contributed by atoms with Crippen LogP contribution in [0.3, 0.4) is 0 Å². The Labute approximate surface area is 220 Å². The Bertz CT molecular complexity index is 528. The molecule has 1 aliphatic carbocycles. The highest BCUT2D eigenvalue weighted by atomic mass is 16.6. The molecule has 3 heteroatoms. The number of hydrogen-bond donors (Lipinski definition) is 1. The van der Waals surface area contributed by atoms with Crippen LogP contribution in [-0.4, -0.2) is 11.6 Å². The van der Waals surface area contributed by atoms with Gasteiger partial charge >= 0.3 is 5.97 Å². The highest BCUT2D eigenvalue weighted by Gasteiger charge is 2.49. The minimum Gasteiger partial charge on any atom is -0.458 e. The van der Waals surface area contributed by atoms with E-state index in [0.29, 0.717) is 6.42 Å². The lowest BCUT2D eigenvalue weighted by atomic mass is 9.63. The van der Waals surface area contributed by atoms with E-state index in [4.69, 9.17) is 4.74 Å². The number of carbonyl (C=O) groups is 1. The Hall–Kier alpha value is -0.830. The number of allylic oxidation sites excluding steroid dienone is 2. The van der Waals surface area contributed by atoms with Crippen molar-refractivity contribution in [1.29, 1.82) is 0 Å². The van der Waals surface area contributed by atoms with E-state index in [-0.39, 0.29) is 23.1 Å². The summed E-state index contributed by atoms with van der Waals surface area (Å²) in [6.07, 6.45) is 32.9. The first-order valence-electron chi connectivity index (χ1n) is 15.3. The van der Waals surface area contributed by atoms with Crippen molar-refractivity contribution in [3.8, 4) is 0 Å². The minimum absolute atomic E-state index is 0. The first kappa shape index (κ1) is 34.2. The second-order valence-electron chi connectivity index (χ2n) is 11.7. The van der Waals surface area contributed by atoms with Gasteiger partial charge in [-0.3, -0.25) is 4.79 Å². The monoisotopic (exact) mass is 493 g/mol. The van der Waals surface area contributed by atoms with Crippen molar-refractivity contribution >= 4 is 5.97 Å². The van der Waals surface area contributed by atoms with Gasteiger partial charge in [-0.1, -0.05) is 117 Å². The van der Waals surface area contributed by atoms with Crippen molar-refractivity contribution in [2.75, 3.05) is 0 Å². The fraction of sp³-hybridized carbons (Fsp3) is 0.906. The lowest BCUT2D eigenvalue weighted by Gasteiger charge is -2.49. The number of ether oxygens (including phenoxy) is 1. The van der Waals surface area contributed by atoms with Crippen LogP contribution in [-0.2, 0) is 9.53 Å². The smallest absolute Gasteiger partial charge is 0.306 e. The number of hydrogen-bond acceptors (Lipinski definition) is 3. The maximum atomic E-state index is 12.8. The van der Waals surface area contributed by atoms with Crippen LogP contribution in [0.1, 0.15) is 175 Å². The predicted octanol–water partition coefficient (Wildman–Crippen LogP) is 11.0. The molecule has 0 amide bonds. The summed E-state index contributed by atoms with van der Waals surface area (Å²) in [7, 11) is 0. The summed E-state index contributed by atoms with van der Waals surface area (Å²) in [6, 6.07) is 0. The third-order valence-corrected chi connectivity index (χ3v) is 8.25. The van der Waals surface area contributed by atoms with Gasteiger partial charge in [0.25, 0.3) is 0 Å². The van der Waals surface area contributed by atoms with Gasteiger partial charge in [0.1, 0.15) is 5.60 Å². The molecule has 1 saturated carbocycles. The molecule has 1 fully saturated rings. The Kier molecular flexibility index (Phi) is 20.8. The average molecular weight is 494 g/mol. The Morgan fingerprint density at radius 3 is 1.74 bits per heavy atom. The molecule has 3 nitrogen and oxygen atoms in total. The highest BCUT2D eigenvalue weighted by molar-refractivity contribution is 5.70. The second-order valence-corrected chi connectivity index (χ2v) is 11.7. The van der Waals surface area contributed by atoms with Gasteiger partial charge < -0.3 is 10.9 Å². The van der Waals surface area contributed by atoms with E-state index in [9.17, 15) is 4.79 Å². The Balaban J connectivity index is 0.0000116. The summed E-state index contributed by atoms with van der Waals surface area (Å²) in [5, 5.41) is 0.